The summed E-state index contributed by atoms with van der Waals surface area (Å²) >= 11 is 0. The molecule has 0 amide bonds. The molecule has 2 aromatic heterocycles. The van der Waals surface area contributed by atoms with E-state index in [9.17, 15) is 0 Å². The zero-order valence-electron chi connectivity index (χ0n) is 33.0. The fourth-order valence-electron chi connectivity index (χ4n) is 8.94. The third kappa shape index (κ3) is 6.04. The van der Waals surface area contributed by atoms with Crippen LogP contribution >= 0.6 is 0 Å². The third-order valence-electron chi connectivity index (χ3n) is 11.9. The van der Waals surface area contributed by atoms with Crippen LogP contribution in [-0.2, 0) is 0 Å². The first-order chi connectivity index (χ1) is 30.2. The molecule has 4 heteroatoms. The zero-order chi connectivity index (χ0) is 40.3. The molecule has 0 N–H and O–H groups in total. The fourth-order valence-corrected chi connectivity index (χ4v) is 8.94. The van der Waals surface area contributed by atoms with Gasteiger partial charge in [0.1, 0.15) is 11.2 Å². The molecular formula is C57H35N3O. The summed E-state index contributed by atoms with van der Waals surface area (Å²) in [5, 5.41) is 8.80. The largest absolute Gasteiger partial charge is 0.456 e. The van der Waals surface area contributed by atoms with E-state index in [1.807, 2.05) is 12.1 Å². The van der Waals surface area contributed by atoms with E-state index >= 15 is 0 Å². The number of furan rings is 1. The average Bonchev–Trinajstić information content (AvgIpc) is 3.71. The molecule has 4 nitrogen and oxygen atoms in total. The number of para-hydroxylation sites is 1. The van der Waals surface area contributed by atoms with Crippen molar-refractivity contribution in [3.63, 3.8) is 0 Å². The SMILES string of the molecule is c1ccc(-c2ccc3c(-c4nc(-c5cccc6ccc(-c7ccccc7)cc56)nc(-c5ccc(-c6ccc7c(c6)oc6ccccc67)c6ccccc56)n4)cccc3c2)cc1. The highest BCUT2D eigenvalue weighted by Gasteiger charge is 2.19. The number of hydrogen-bond donors (Lipinski definition) is 0. The third-order valence-corrected chi connectivity index (χ3v) is 11.9. The maximum Gasteiger partial charge on any atom is 0.164 e. The molecule has 12 rings (SSSR count). The van der Waals surface area contributed by atoms with Crippen LogP contribution in [0.25, 0.3) is 122 Å². The Bertz CT molecular complexity index is 3650. The van der Waals surface area contributed by atoms with Gasteiger partial charge >= 0.3 is 0 Å². The Morgan fingerprint density at radius 1 is 0.246 bits per heavy atom. The van der Waals surface area contributed by atoms with E-state index in [1.165, 1.54) is 11.1 Å². The van der Waals surface area contributed by atoms with Gasteiger partial charge in [0.15, 0.2) is 17.5 Å². The summed E-state index contributed by atoms with van der Waals surface area (Å²) in [7, 11) is 0. The highest BCUT2D eigenvalue weighted by Crippen LogP contribution is 2.40. The van der Waals surface area contributed by atoms with Crippen LogP contribution in [0.4, 0.5) is 0 Å². The van der Waals surface area contributed by atoms with Crippen LogP contribution < -0.4 is 0 Å². The lowest BCUT2D eigenvalue weighted by Gasteiger charge is -2.15. The van der Waals surface area contributed by atoms with Gasteiger partial charge in [0.2, 0.25) is 0 Å². The summed E-state index contributed by atoms with van der Waals surface area (Å²) in [6.45, 7) is 0. The van der Waals surface area contributed by atoms with Gasteiger partial charge in [-0.25, -0.2) is 15.0 Å². The maximum absolute atomic E-state index is 6.33. The Hall–Kier alpha value is -8.21. The van der Waals surface area contributed by atoms with Crippen molar-refractivity contribution in [3.05, 3.63) is 212 Å². The molecule has 0 bridgehead atoms. The number of rotatable bonds is 6. The van der Waals surface area contributed by atoms with Gasteiger partial charge in [-0.05, 0) is 102 Å². The van der Waals surface area contributed by atoms with Gasteiger partial charge in [0, 0.05) is 27.5 Å². The molecule has 0 radical (unpaired) electrons. The van der Waals surface area contributed by atoms with Crippen molar-refractivity contribution < 1.29 is 4.42 Å². The molecule has 2 heterocycles. The second-order valence-corrected chi connectivity index (χ2v) is 15.5. The summed E-state index contributed by atoms with van der Waals surface area (Å²) in [6, 6.07) is 74.7. The van der Waals surface area contributed by atoms with Crippen molar-refractivity contribution >= 4 is 54.3 Å². The van der Waals surface area contributed by atoms with Crippen molar-refractivity contribution in [2.75, 3.05) is 0 Å². The van der Waals surface area contributed by atoms with Crippen LogP contribution in [-0.4, -0.2) is 15.0 Å². The molecule has 0 saturated carbocycles. The second-order valence-electron chi connectivity index (χ2n) is 15.5. The minimum absolute atomic E-state index is 0.615. The summed E-state index contributed by atoms with van der Waals surface area (Å²) in [5.41, 5.74) is 11.4. The van der Waals surface area contributed by atoms with Gasteiger partial charge < -0.3 is 4.42 Å². The maximum atomic E-state index is 6.33. The van der Waals surface area contributed by atoms with Crippen molar-refractivity contribution in [2.45, 2.75) is 0 Å². The van der Waals surface area contributed by atoms with Crippen molar-refractivity contribution in [2.24, 2.45) is 0 Å². The van der Waals surface area contributed by atoms with Gasteiger partial charge in [-0.15, -0.1) is 0 Å². The van der Waals surface area contributed by atoms with Crippen LogP contribution in [0, 0.1) is 0 Å². The minimum atomic E-state index is 0.615. The van der Waals surface area contributed by atoms with Crippen LogP contribution in [0.1, 0.15) is 0 Å². The normalized spacial score (nSPS) is 11.6. The lowest BCUT2D eigenvalue weighted by molar-refractivity contribution is 0.669. The summed E-state index contributed by atoms with van der Waals surface area (Å²) < 4.78 is 6.33. The number of aromatic nitrogens is 3. The molecule has 0 aliphatic carbocycles. The molecule has 0 fully saturated rings. The zero-order valence-corrected chi connectivity index (χ0v) is 33.0. The lowest BCUT2D eigenvalue weighted by atomic mass is 9.94. The van der Waals surface area contributed by atoms with E-state index in [1.54, 1.807) is 0 Å². The molecule has 10 aromatic carbocycles. The predicted octanol–water partition coefficient (Wildman–Crippen LogP) is 15.2. The first-order valence-corrected chi connectivity index (χ1v) is 20.6. The molecule has 0 unspecified atom stereocenters. The fraction of sp³-hybridized carbons (Fsp3) is 0. The van der Waals surface area contributed by atoms with E-state index in [4.69, 9.17) is 19.4 Å². The lowest BCUT2D eigenvalue weighted by Crippen LogP contribution is -2.01. The van der Waals surface area contributed by atoms with Crippen LogP contribution in [0.15, 0.2) is 217 Å². The first-order valence-electron chi connectivity index (χ1n) is 20.6. The highest BCUT2D eigenvalue weighted by molar-refractivity contribution is 6.09. The molecule has 0 saturated heterocycles. The van der Waals surface area contributed by atoms with Crippen LogP contribution in [0.3, 0.4) is 0 Å². The molecular weight excluding hydrogens is 743 g/mol. The smallest absolute Gasteiger partial charge is 0.164 e. The second kappa shape index (κ2) is 14.3. The summed E-state index contributed by atoms with van der Waals surface area (Å²) in [5.74, 6) is 1.86. The summed E-state index contributed by atoms with van der Waals surface area (Å²) in [4.78, 5) is 16.1. The number of benzene rings is 10. The molecule has 0 aliphatic rings. The standard InChI is InChI=1S/C57H35N3O/c1-3-13-36(14-4-1)39-27-29-44-41(33-39)18-12-22-49(44)55-58-56(50-23-11-17-38-25-26-40(34-52(38)50)37-15-5-2-6-16-37)60-57(59-55)51-32-31-43(45-19-7-8-20-46(45)51)42-28-30-48-47-21-9-10-24-53(47)61-54(48)35-42/h1-35H. The molecule has 0 aliphatic heterocycles. The van der Waals surface area contributed by atoms with Gasteiger partial charge in [-0.2, -0.15) is 0 Å². The van der Waals surface area contributed by atoms with Crippen LogP contribution in [0.2, 0.25) is 0 Å². The molecule has 0 atom stereocenters. The number of fused-ring (bicyclic) bond motifs is 6. The van der Waals surface area contributed by atoms with E-state index in [-0.39, 0.29) is 0 Å². The Morgan fingerprint density at radius 2 is 0.754 bits per heavy atom. The van der Waals surface area contributed by atoms with E-state index in [2.05, 4.69) is 200 Å². The molecule has 0 spiro atoms. The Labute approximate surface area is 352 Å². The first kappa shape index (κ1) is 34.8. The molecule has 12 aromatic rings. The number of hydrogen-bond acceptors (Lipinski definition) is 4. The van der Waals surface area contributed by atoms with Crippen molar-refractivity contribution in [1.82, 2.24) is 15.0 Å². The van der Waals surface area contributed by atoms with E-state index < -0.39 is 0 Å². The average molecular weight is 778 g/mol. The molecule has 61 heavy (non-hydrogen) atoms. The highest BCUT2D eigenvalue weighted by atomic mass is 16.3. The van der Waals surface area contributed by atoms with Crippen molar-refractivity contribution in [1.29, 1.82) is 0 Å². The van der Waals surface area contributed by atoms with Gasteiger partial charge in [-0.3, -0.25) is 0 Å². The predicted molar refractivity (Wildman–Crippen MR) is 252 cm³/mol. The van der Waals surface area contributed by atoms with E-state index in [0.717, 1.165) is 93.2 Å². The quantitative estimate of drug-likeness (QED) is 0.169. The topological polar surface area (TPSA) is 51.8 Å². The molecule has 284 valence electrons. The van der Waals surface area contributed by atoms with Gasteiger partial charge in [-0.1, -0.05) is 176 Å². The van der Waals surface area contributed by atoms with Gasteiger partial charge in [0.25, 0.3) is 0 Å². The Kier molecular flexibility index (Phi) is 8.13. The number of nitrogens with zero attached hydrogens (tertiary/aromatic N) is 3. The minimum Gasteiger partial charge on any atom is -0.456 e. The van der Waals surface area contributed by atoms with Crippen molar-refractivity contribution in [3.8, 4) is 67.5 Å². The Balaban J connectivity index is 1.07. The Morgan fingerprint density at radius 3 is 1.48 bits per heavy atom. The van der Waals surface area contributed by atoms with Gasteiger partial charge in [0.05, 0.1) is 0 Å². The van der Waals surface area contributed by atoms with Crippen LogP contribution in [0.5, 0.6) is 0 Å². The monoisotopic (exact) mass is 777 g/mol. The summed E-state index contributed by atoms with van der Waals surface area (Å²) in [6.07, 6.45) is 0. The van der Waals surface area contributed by atoms with E-state index in [0.29, 0.717) is 17.5 Å².